The number of carbonyl (C=O) groups excluding carboxylic acids is 1. The van der Waals surface area contributed by atoms with Crippen LogP contribution in [0.15, 0.2) is 47.4 Å². The third kappa shape index (κ3) is 4.60. The van der Waals surface area contributed by atoms with Crippen molar-refractivity contribution in [2.24, 2.45) is 5.92 Å². The summed E-state index contributed by atoms with van der Waals surface area (Å²) >= 11 is 12.0. The van der Waals surface area contributed by atoms with Gasteiger partial charge in [-0.05, 0) is 49.2 Å². The van der Waals surface area contributed by atoms with Crippen LogP contribution in [0.3, 0.4) is 0 Å². The van der Waals surface area contributed by atoms with E-state index in [9.17, 15) is 13.2 Å². The molecule has 6 nitrogen and oxygen atoms in total. The Bertz CT molecular complexity index is 982. The molecule has 0 bridgehead atoms. The number of carbonyl (C=O) groups is 1. The molecular formula is C19H20Cl2N2O4S. The predicted molar refractivity (Wildman–Crippen MR) is 110 cm³/mol. The molecule has 28 heavy (non-hydrogen) atoms. The Morgan fingerprint density at radius 2 is 2.00 bits per heavy atom. The molecule has 2 aromatic rings. The number of nitrogens with zero attached hydrogens (tertiary/aromatic N) is 1. The molecule has 1 fully saturated rings. The molecule has 9 heteroatoms. The molecule has 1 aliphatic heterocycles. The van der Waals surface area contributed by atoms with E-state index in [1.54, 1.807) is 24.3 Å². The Kier molecular flexibility index (Phi) is 6.50. The first kappa shape index (κ1) is 20.9. The average Bonchev–Trinajstić information content (AvgIpc) is 2.68. The smallest absolute Gasteiger partial charge is 0.243 e. The van der Waals surface area contributed by atoms with E-state index in [0.717, 1.165) is 0 Å². The van der Waals surface area contributed by atoms with Crippen molar-refractivity contribution in [2.75, 3.05) is 25.5 Å². The Morgan fingerprint density at radius 1 is 1.21 bits per heavy atom. The van der Waals surface area contributed by atoms with E-state index in [-0.39, 0.29) is 22.4 Å². The lowest BCUT2D eigenvalue weighted by molar-refractivity contribution is -0.120. The van der Waals surface area contributed by atoms with Gasteiger partial charge in [-0.15, -0.1) is 0 Å². The van der Waals surface area contributed by atoms with Crippen molar-refractivity contribution in [3.63, 3.8) is 0 Å². The third-order valence-corrected chi connectivity index (χ3v) is 7.00. The van der Waals surface area contributed by atoms with E-state index < -0.39 is 15.9 Å². The summed E-state index contributed by atoms with van der Waals surface area (Å²) in [5.41, 5.74) is 0.583. The number of rotatable bonds is 5. The van der Waals surface area contributed by atoms with Gasteiger partial charge in [0.2, 0.25) is 15.9 Å². The molecular weight excluding hydrogens is 423 g/mol. The van der Waals surface area contributed by atoms with Crippen LogP contribution in [-0.4, -0.2) is 38.8 Å². The first-order valence-electron chi connectivity index (χ1n) is 8.71. The van der Waals surface area contributed by atoms with Crippen LogP contribution in [0.5, 0.6) is 5.75 Å². The summed E-state index contributed by atoms with van der Waals surface area (Å²) in [6, 6.07) is 11.2. The highest BCUT2D eigenvalue weighted by Gasteiger charge is 2.33. The van der Waals surface area contributed by atoms with Crippen molar-refractivity contribution >= 4 is 44.8 Å². The van der Waals surface area contributed by atoms with Crippen LogP contribution in [0.1, 0.15) is 12.8 Å². The normalized spacial score (nSPS) is 17.9. The van der Waals surface area contributed by atoms with Crippen LogP contribution in [0, 0.1) is 5.92 Å². The topological polar surface area (TPSA) is 75.7 Å². The largest absolute Gasteiger partial charge is 0.495 e. The van der Waals surface area contributed by atoms with Crippen LogP contribution in [0.2, 0.25) is 10.0 Å². The van der Waals surface area contributed by atoms with Crippen LogP contribution in [0.4, 0.5) is 5.69 Å². The number of nitrogens with one attached hydrogen (secondary N) is 1. The average molecular weight is 443 g/mol. The number of sulfonamides is 1. The minimum Gasteiger partial charge on any atom is -0.495 e. The number of halogens is 2. The van der Waals surface area contributed by atoms with E-state index in [1.807, 2.05) is 0 Å². The van der Waals surface area contributed by atoms with Gasteiger partial charge in [-0.2, -0.15) is 4.31 Å². The van der Waals surface area contributed by atoms with Gasteiger partial charge in [0, 0.05) is 23.8 Å². The lowest BCUT2D eigenvalue weighted by Crippen LogP contribution is -2.43. The van der Waals surface area contributed by atoms with Gasteiger partial charge < -0.3 is 10.1 Å². The van der Waals surface area contributed by atoms with E-state index in [0.29, 0.717) is 35.8 Å². The van der Waals surface area contributed by atoms with Crippen molar-refractivity contribution in [3.8, 4) is 5.75 Å². The molecule has 1 unspecified atom stereocenters. The molecule has 0 aliphatic carbocycles. The zero-order chi connectivity index (χ0) is 20.3. The van der Waals surface area contributed by atoms with E-state index in [1.165, 1.54) is 29.6 Å². The highest BCUT2D eigenvalue weighted by molar-refractivity contribution is 7.89. The molecule has 1 amide bonds. The summed E-state index contributed by atoms with van der Waals surface area (Å²) in [4.78, 5) is 12.7. The summed E-state index contributed by atoms with van der Waals surface area (Å²) in [6.07, 6.45) is 1.21. The lowest BCUT2D eigenvalue weighted by Gasteiger charge is -2.31. The Hall–Kier alpha value is -1.80. The number of hydrogen-bond acceptors (Lipinski definition) is 4. The molecule has 150 valence electrons. The second-order valence-corrected chi connectivity index (χ2v) is 9.28. The monoisotopic (exact) mass is 442 g/mol. The quantitative estimate of drug-likeness (QED) is 0.757. The number of ether oxygens (including phenoxy) is 1. The van der Waals surface area contributed by atoms with Gasteiger partial charge in [-0.3, -0.25) is 4.79 Å². The van der Waals surface area contributed by atoms with Crippen LogP contribution < -0.4 is 10.1 Å². The maximum atomic E-state index is 13.0. The predicted octanol–water partition coefficient (Wildman–Crippen LogP) is 4.04. The standard InChI is InChI=1S/C19H20Cl2N2O4S/c1-27-18-8-7-16(11-17(18)21)28(25,26)23-9-3-4-13(12-23)19(24)22-15-6-2-5-14(20)10-15/h2,5-8,10-11,13H,3-4,9,12H2,1H3,(H,22,24). The van der Waals surface area contributed by atoms with Crippen LogP contribution >= 0.6 is 23.2 Å². The van der Waals surface area contributed by atoms with Gasteiger partial charge in [0.15, 0.2) is 0 Å². The van der Waals surface area contributed by atoms with E-state index >= 15 is 0 Å². The fourth-order valence-electron chi connectivity index (χ4n) is 3.14. The maximum absolute atomic E-state index is 13.0. The minimum absolute atomic E-state index is 0.0780. The molecule has 1 heterocycles. The zero-order valence-electron chi connectivity index (χ0n) is 15.2. The first-order chi connectivity index (χ1) is 13.3. The van der Waals surface area contributed by atoms with E-state index in [2.05, 4.69) is 5.32 Å². The number of benzene rings is 2. The van der Waals surface area contributed by atoms with Crippen LogP contribution in [-0.2, 0) is 14.8 Å². The van der Waals surface area contributed by atoms with Crippen LogP contribution in [0.25, 0.3) is 0 Å². The second-order valence-electron chi connectivity index (χ2n) is 6.50. The Labute approximate surface area is 174 Å². The Morgan fingerprint density at radius 3 is 2.68 bits per heavy atom. The zero-order valence-corrected chi connectivity index (χ0v) is 17.5. The summed E-state index contributed by atoms with van der Waals surface area (Å²) in [5.74, 6) is -0.274. The van der Waals surface area contributed by atoms with Crippen molar-refractivity contribution in [1.82, 2.24) is 4.31 Å². The summed E-state index contributed by atoms with van der Waals surface area (Å²) < 4.78 is 32.4. The van der Waals surface area contributed by atoms with Gasteiger partial charge in [-0.25, -0.2) is 8.42 Å². The number of piperidine rings is 1. The van der Waals surface area contributed by atoms with Gasteiger partial charge in [0.1, 0.15) is 5.75 Å². The fraction of sp³-hybridized carbons (Fsp3) is 0.316. The molecule has 1 saturated heterocycles. The summed E-state index contributed by atoms with van der Waals surface area (Å²) in [5, 5.41) is 3.54. The van der Waals surface area contributed by atoms with Crippen molar-refractivity contribution in [3.05, 3.63) is 52.5 Å². The summed E-state index contributed by atoms with van der Waals surface area (Å²) in [7, 11) is -2.30. The minimum atomic E-state index is -3.76. The molecule has 1 aliphatic rings. The Balaban J connectivity index is 1.74. The third-order valence-electron chi connectivity index (χ3n) is 4.61. The second kappa shape index (κ2) is 8.69. The molecule has 1 N–H and O–H groups in total. The molecule has 2 aromatic carbocycles. The first-order valence-corrected chi connectivity index (χ1v) is 10.9. The highest BCUT2D eigenvalue weighted by Crippen LogP contribution is 2.30. The van der Waals surface area contributed by atoms with Crippen molar-refractivity contribution in [2.45, 2.75) is 17.7 Å². The molecule has 0 aromatic heterocycles. The number of anilines is 1. The lowest BCUT2D eigenvalue weighted by atomic mass is 9.99. The molecule has 0 spiro atoms. The van der Waals surface area contributed by atoms with Gasteiger partial charge in [0.05, 0.1) is 22.9 Å². The fourth-order valence-corrected chi connectivity index (χ4v) is 5.21. The van der Waals surface area contributed by atoms with Gasteiger partial charge >= 0.3 is 0 Å². The van der Waals surface area contributed by atoms with Crippen molar-refractivity contribution < 1.29 is 17.9 Å². The molecule has 0 radical (unpaired) electrons. The van der Waals surface area contributed by atoms with Gasteiger partial charge in [-0.1, -0.05) is 29.3 Å². The number of methoxy groups -OCH3 is 1. The number of hydrogen-bond donors (Lipinski definition) is 1. The SMILES string of the molecule is COc1ccc(S(=O)(=O)N2CCCC(C(=O)Nc3cccc(Cl)c3)C2)cc1Cl. The summed E-state index contributed by atoms with van der Waals surface area (Å²) in [6.45, 7) is 0.464. The number of amides is 1. The maximum Gasteiger partial charge on any atom is 0.243 e. The highest BCUT2D eigenvalue weighted by atomic mass is 35.5. The molecule has 3 rings (SSSR count). The van der Waals surface area contributed by atoms with Gasteiger partial charge in [0.25, 0.3) is 0 Å². The molecule has 0 saturated carbocycles. The van der Waals surface area contributed by atoms with E-state index in [4.69, 9.17) is 27.9 Å². The van der Waals surface area contributed by atoms with Crippen molar-refractivity contribution in [1.29, 1.82) is 0 Å². The molecule has 1 atom stereocenters.